The van der Waals surface area contributed by atoms with Crippen molar-refractivity contribution in [3.63, 3.8) is 0 Å². The second-order valence-corrected chi connectivity index (χ2v) is 6.78. The first-order valence-corrected chi connectivity index (χ1v) is 8.96. The van der Waals surface area contributed by atoms with E-state index in [2.05, 4.69) is 34.7 Å². The van der Waals surface area contributed by atoms with E-state index in [0.29, 0.717) is 0 Å². The van der Waals surface area contributed by atoms with Crippen LogP contribution in [0.1, 0.15) is 43.4 Å². The Morgan fingerprint density at radius 1 is 1.23 bits per heavy atom. The fourth-order valence-corrected chi connectivity index (χ4v) is 3.55. The van der Waals surface area contributed by atoms with Crippen LogP contribution in [0.5, 0.6) is 0 Å². The van der Waals surface area contributed by atoms with Crippen molar-refractivity contribution in [1.82, 2.24) is 15.2 Å². The van der Waals surface area contributed by atoms with Crippen LogP contribution in [0, 0.1) is 0 Å². The molecule has 1 aromatic heterocycles. The number of hydrogen-bond acceptors (Lipinski definition) is 4. The minimum absolute atomic E-state index is 0.758. The molecular formula is C18H30N4. The summed E-state index contributed by atoms with van der Waals surface area (Å²) in [6.45, 7) is 4.66. The van der Waals surface area contributed by atoms with Crippen LogP contribution in [-0.4, -0.2) is 49.2 Å². The van der Waals surface area contributed by atoms with Crippen LogP contribution in [0.2, 0.25) is 0 Å². The van der Waals surface area contributed by atoms with Crippen LogP contribution in [0.4, 0.5) is 5.82 Å². The van der Waals surface area contributed by atoms with Crippen molar-refractivity contribution in [3.8, 4) is 0 Å². The minimum Gasteiger partial charge on any atom is -0.370 e. The SMILES string of the molecule is CN(CCCCCc1ccc2c(n1)NCCC2)[C@H]1CCNC1. The lowest BCUT2D eigenvalue weighted by Gasteiger charge is -2.23. The van der Waals surface area contributed by atoms with E-state index in [9.17, 15) is 0 Å². The molecule has 0 saturated carbocycles. The lowest BCUT2D eigenvalue weighted by molar-refractivity contribution is 0.251. The Labute approximate surface area is 134 Å². The van der Waals surface area contributed by atoms with Gasteiger partial charge in [0.15, 0.2) is 0 Å². The van der Waals surface area contributed by atoms with Gasteiger partial charge in [-0.1, -0.05) is 12.5 Å². The molecular weight excluding hydrogens is 272 g/mol. The van der Waals surface area contributed by atoms with E-state index in [1.54, 1.807) is 0 Å². The summed E-state index contributed by atoms with van der Waals surface area (Å²) >= 11 is 0. The van der Waals surface area contributed by atoms with E-state index in [1.807, 2.05) is 0 Å². The molecule has 2 N–H and O–H groups in total. The van der Waals surface area contributed by atoms with Crippen molar-refractivity contribution in [1.29, 1.82) is 0 Å². The highest BCUT2D eigenvalue weighted by atomic mass is 15.2. The second kappa shape index (κ2) is 7.93. The number of unbranched alkanes of at least 4 members (excludes halogenated alkanes) is 2. The number of aryl methyl sites for hydroxylation is 2. The van der Waals surface area contributed by atoms with Crippen LogP contribution >= 0.6 is 0 Å². The van der Waals surface area contributed by atoms with E-state index in [0.717, 1.165) is 24.8 Å². The zero-order valence-electron chi connectivity index (χ0n) is 13.9. The first-order chi connectivity index (χ1) is 10.8. The Morgan fingerprint density at radius 3 is 3.05 bits per heavy atom. The average molecular weight is 302 g/mol. The normalized spacial score (nSPS) is 20.9. The van der Waals surface area contributed by atoms with Crippen molar-refractivity contribution in [2.45, 2.75) is 51.0 Å². The van der Waals surface area contributed by atoms with E-state index in [-0.39, 0.29) is 0 Å². The molecule has 1 aromatic rings. The van der Waals surface area contributed by atoms with Gasteiger partial charge in [0, 0.05) is 24.8 Å². The van der Waals surface area contributed by atoms with E-state index in [1.165, 1.54) is 69.4 Å². The summed E-state index contributed by atoms with van der Waals surface area (Å²) < 4.78 is 0. The summed E-state index contributed by atoms with van der Waals surface area (Å²) in [6.07, 6.45) is 8.69. The van der Waals surface area contributed by atoms with Gasteiger partial charge in [-0.15, -0.1) is 0 Å². The van der Waals surface area contributed by atoms with Crippen LogP contribution in [0.15, 0.2) is 12.1 Å². The third kappa shape index (κ3) is 4.20. The van der Waals surface area contributed by atoms with Gasteiger partial charge < -0.3 is 15.5 Å². The highest BCUT2D eigenvalue weighted by Crippen LogP contribution is 2.20. The monoisotopic (exact) mass is 302 g/mol. The van der Waals surface area contributed by atoms with Gasteiger partial charge in [-0.2, -0.15) is 0 Å². The fourth-order valence-electron chi connectivity index (χ4n) is 3.55. The summed E-state index contributed by atoms with van der Waals surface area (Å²) in [5.41, 5.74) is 2.64. The third-order valence-corrected chi connectivity index (χ3v) is 5.05. The topological polar surface area (TPSA) is 40.2 Å². The Hall–Kier alpha value is -1.13. The number of anilines is 1. The first kappa shape index (κ1) is 15.8. The highest BCUT2D eigenvalue weighted by Gasteiger charge is 2.18. The first-order valence-electron chi connectivity index (χ1n) is 8.96. The summed E-state index contributed by atoms with van der Waals surface area (Å²) in [7, 11) is 2.27. The molecule has 2 aliphatic heterocycles. The lowest BCUT2D eigenvalue weighted by Crippen LogP contribution is -2.34. The molecule has 0 bridgehead atoms. The molecule has 0 aliphatic carbocycles. The molecule has 1 atom stereocenters. The van der Waals surface area contributed by atoms with Gasteiger partial charge in [0.05, 0.1) is 0 Å². The van der Waals surface area contributed by atoms with Gasteiger partial charge in [-0.3, -0.25) is 0 Å². The lowest BCUT2D eigenvalue weighted by atomic mass is 10.1. The maximum Gasteiger partial charge on any atom is 0.129 e. The Kier molecular flexibility index (Phi) is 5.68. The number of nitrogens with zero attached hydrogens (tertiary/aromatic N) is 2. The van der Waals surface area contributed by atoms with Gasteiger partial charge in [0.25, 0.3) is 0 Å². The zero-order chi connectivity index (χ0) is 15.2. The van der Waals surface area contributed by atoms with Crippen molar-refractivity contribution in [2.24, 2.45) is 0 Å². The van der Waals surface area contributed by atoms with E-state index < -0.39 is 0 Å². The molecule has 0 spiro atoms. The Bertz CT molecular complexity index is 468. The van der Waals surface area contributed by atoms with Gasteiger partial charge >= 0.3 is 0 Å². The minimum atomic E-state index is 0.758. The maximum atomic E-state index is 4.78. The summed E-state index contributed by atoms with van der Waals surface area (Å²) in [6, 6.07) is 5.25. The number of hydrogen-bond donors (Lipinski definition) is 2. The predicted octanol–water partition coefficient (Wildman–Crippen LogP) is 2.45. The summed E-state index contributed by atoms with van der Waals surface area (Å²) in [4.78, 5) is 7.31. The van der Waals surface area contributed by atoms with Crippen LogP contribution < -0.4 is 10.6 Å². The van der Waals surface area contributed by atoms with E-state index >= 15 is 0 Å². The molecule has 0 amide bonds. The molecule has 1 fully saturated rings. The summed E-state index contributed by atoms with van der Waals surface area (Å²) in [5, 5.41) is 6.87. The van der Waals surface area contributed by atoms with E-state index in [4.69, 9.17) is 4.98 Å². The summed E-state index contributed by atoms with van der Waals surface area (Å²) in [5.74, 6) is 1.14. The number of nitrogens with one attached hydrogen (secondary N) is 2. The number of rotatable bonds is 7. The standard InChI is InChI=1S/C18H30N4/c1-22(17-10-12-19-14-17)13-4-2-3-7-16-9-8-15-6-5-11-20-18(15)21-16/h8-9,17,19H,2-7,10-14H2,1H3,(H,20,21)/t17-/m0/s1. The molecule has 0 unspecified atom stereocenters. The molecule has 3 rings (SSSR count). The fraction of sp³-hybridized carbons (Fsp3) is 0.722. The van der Waals surface area contributed by atoms with Gasteiger partial charge in [-0.25, -0.2) is 4.98 Å². The Morgan fingerprint density at radius 2 is 2.18 bits per heavy atom. The Balaban J connectivity index is 1.34. The molecule has 0 aromatic carbocycles. The van der Waals surface area contributed by atoms with Crippen LogP contribution in [-0.2, 0) is 12.8 Å². The quantitative estimate of drug-likeness (QED) is 0.759. The average Bonchev–Trinajstić information content (AvgIpc) is 3.09. The molecule has 4 heteroatoms. The molecule has 4 nitrogen and oxygen atoms in total. The van der Waals surface area contributed by atoms with Crippen molar-refractivity contribution >= 4 is 5.82 Å². The van der Waals surface area contributed by atoms with Crippen LogP contribution in [0.3, 0.4) is 0 Å². The molecule has 1 saturated heterocycles. The highest BCUT2D eigenvalue weighted by molar-refractivity contribution is 5.46. The molecule has 2 aliphatic rings. The van der Waals surface area contributed by atoms with Crippen molar-refractivity contribution < 1.29 is 0 Å². The predicted molar refractivity (Wildman–Crippen MR) is 92.5 cm³/mol. The molecule has 0 radical (unpaired) electrons. The van der Waals surface area contributed by atoms with Crippen molar-refractivity contribution in [2.75, 3.05) is 38.5 Å². The third-order valence-electron chi connectivity index (χ3n) is 5.05. The second-order valence-electron chi connectivity index (χ2n) is 6.78. The number of fused-ring (bicyclic) bond motifs is 1. The smallest absolute Gasteiger partial charge is 0.129 e. The number of pyridine rings is 1. The maximum absolute atomic E-state index is 4.78. The zero-order valence-corrected chi connectivity index (χ0v) is 13.9. The molecule has 122 valence electrons. The number of aromatic nitrogens is 1. The van der Waals surface area contributed by atoms with Gasteiger partial charge in [0.2, 0.25) is 0 Å². The van der Waals surface area contributed by atoms with Gasteiger partial charge in [0.1, 0.15) is 5.82 Å². The van der Waals surface area contributed by atoms with Crippen molar-refractivity contribution in [3.05, 3.63) is 23.4 Å². The largest absolute Gasteiger partial charge is 0.370 e. The number of likely N-dealkylation sites (N-methyl/N-ethyl adjacent to an activating group) is 1. The molecule has 3 heterocycles. The van der Waals surface area contributed by atoms with Crippen LogP contribution in [0.25, 0.3) is 0 Å². The molecule has 22 heavy (non-hydrogen) atoms. The van der Waals surface area contributed by atoms with Gasteiger partial charge in [-0.05, 0) is 70.3 Å².